The number of nitrogens with zero attached hydrogens (tertiary/aromatic N) is 4. The van der Waals surface area contributed by atoms with E-state index in [-0.39, 0.29) is 29.9 Å². The van der Waals surface area contributed by atoms with Gasteiger partial charge in [-0.25, -0.2) is 0 Å². The molecule has 1 amide bonds. The lowest BCUT2D eigenvalue weighted by Crippen LogP contribution is -2.46. The molecule has 1 aromatic rings. The van der Waals surface area contributed by atoms with Crippen molar-refractivity contribution in [3.05, 3.63) is 35.4 Å². The zero-order chi connectivity index (χ0) is 20.6. The SMILES string of the molecule is CCNC(=NCCCC(=O)N1Cc2ccccc2C1)N(C)CC1CCCN1CC.I. The molecule has 30 heavy (non-hydrogen) atoms. The Morgan fingerprint density at radius 1 is 1.23 bits per heavy atom. The van der Waals surface area contributed by atoms with Crippen molar-refractivity contribution in [1.29, 1.82) is 0 Å². The molecule has 1 unspecified atom stereocenters. The number of nitrogens with one attached hydrogen (secondary N) is 1. The number of guanidine groups is 1. The molecule has 2 heterocycles. The number of amides is 1. The Morgan fingerprint density at radius 2 is 1.93 bits per heavy atom. The van der Waals surface area contributed by atoms with E-state index in [2.05, 4.69) is 48.1 Å². The molecule has 0 spiro atoms. The van der Waals surface area contributed by atoms with Gasteiger partial charge in [-0.05, 0) is 50.4 Å². The van der Waals surface area contributed by atoms with Crippen molar-refractivity contribution in [2.75, 3.05) is 39.8 Å². The van der Waals surface area contributed by atoms with Crippen LogP contribution in [0, 0.1) is 0 Å². The fourth-order valence-corrected chi connectivity index (χ4v) is 4.47. The summed E-state index contributed by atoms with van der Waals surface area (Å²) < 4.78 is 0. The Balaban J connectivity index is 0.00000320. The van der Waals surface area contributed by atoms with E-state index < -0.39 is 0 Å². The molecule has 0 saturated carbocycles. The Labute approximate surface area is 199 Å². The van der Waals surface area contributed by atoms with Crippen LogP contribution in [0.4, 0.5) is 0 Å². The van der Waals surface area contributed by atoms with Crippen molar-refractivity contribution in [2.45, 2.75) is 58.7 Å². The van der Waals surface area contributed by atoms with Gasteiger partial charge in [0.15, 0.2) is 5.96 Å². The van der Waals surface area contributed by atoms with Crippen molar-refractivity contribution in [3.63, 3.8) is 0 Å². The highest BCUT2D eigenvalue weighted by Crippen LogP contribution is 2.23. The Hall–Kier alpha value is -1.35. The summed E-state index contributed by atoms with van der Waals surface area (Å²) >= 11 is 0. The van der Waals surface area contributed by atoms with Gasteiger partial charge >= 0.3 is 0 Å². The van der Waals surface area contributed by atoms with Crippen LogP contribution in [0.3, 0.4) is 0 Å². The standard InChI is InChI=1S/C23H37N5O.HI/c1-4-24-23(26(3)18-21-12-9-15-27(21)5-2)25-14-8-13-22(29)28-16-19-10-6-7-11-20(19)17-28;/h6-7,10-11,21H,4-5,8-9,12-18H2,1-3H3,(H,24,25);1H. The summed E-state index contributed by atoms with van der Waals surface area (Å²) in [5.41, 5.74) is 2.56. The molecule has 1 aromatic carbocycles. The quantitative estimate of drug-likeness (QED) is 0.244. The summed E-state index contributed by atoms with van der Waals surface area (Å²) in [5.74, 6) is 1.19. The molecule has 3 rings (SSSR count). The van der Waals surface area contributed by atoms with Gasteiger partial charge in [0.05, 0.1) is 0 Å². The summed E-state index contributed by atoms with van der Waals surface area (Å²) in [6.45, 7) is 10.7. The third kappa shape index (κ3) is 6.57. The molecular formula is C23H38IN5O. The Morgan fingerprint density at radius 3 is 2.57 bits per heavy atom. The number of fused-ring (bicyclic) bond motifs is 1. The largest absolute Gasteiger partial charge is 0.357 e. The molecule has 0 aliphatic carbocycles. The van der Waals surface area contributed by atoms with Gasteiger partial charge in [-0.1, -0.05) is 31.2 Å². The number of aliphatic imine (C=N–C) groups is 1. The fourth-order valence-electron chi connectivity index (χ4n) is 4.47. The minimum absolute atomic E-state index is 0. The smallest absolute Gasteiger partial charge is 0.223 e. The minimum atomic E-state index is 0. The molecule has 0 bridgehead atoms. The molecule has 6 nitrogen and oxygen atoms in total. The first-order valence-electron chi connectivity index (χ1n) is 11.2. The number of likely N-dealkylation sites (tertiary alicyclic amines) is 1. The zero-order valence-electron chi connectivity index (χ0n) is 18.8. The maximum Gasteiger partial charge on any atom is 0.223 e. The second kappa shape index (κ2) is 12.5. The van der Waals surface area contributed by atoms with Crippen molar-refractivity contribution >= 4 is 35.8 Å². The molecule has 2 aliphatic rings. The van der Waals surface area contributed by atoms with Gasteiger partial charge in [0.2, 0.25) is 5.91 Å². The van der Waals surface area contributed by atoms with Crippen molar-refractivity contribution in [1.82, 2.24) is 20.0 Å². The molecule has 7 heteroatoms. The maximum atomic E-state index is 12.6. The third-order valence-electron chi connectivity index (χ3n) is 6.09. The van der Waals surface area contributed by atoms with Gasteiger partial charge in [0, 0.05) is 52.2 Å². The van der Waals surface area contributed by atoms with E-state index in [0.29, 0.717) is 19.0 Å². The molecule has 1 fully saturated rings. The minimum Gasteiger partial charge on any atom is -0.357 e. The first-order valence-corrected chi connectivity index (χ1v) is 11.2. The number of hydrogen-bond acceptors (Lipinski definition) is 3. The van der Waals surface area contributed by atoms with Gasteiger partial charge < -0.3 is 15.1 Å². The normalized spacial score (nSPS) is 18.8. The first kappa shape index (κ1) is 24.9. The predicted molar refractivity (Wildman–Crippen MR) is 134 cm³/mol. The average molecular weight is 527 g/mol. The monoisotopic (exact) mass is 527 g/mol. The van der Waals surface area contributed by atoms with E-state index in [1.54, 1.807) is 0 Å². The third-order valence-corrected chi connectivity index (χ3v) is 6.09. The van der Waals surface area contributed by atoms with Crippen LogP contribution in [-0.4, -0.2) is 72.4 Å². The van der Waals surface area contributed by atoms with E-state index >= 15 is 0 Å². The number of carbonyl (C=O) groups excluding carboxylic acids is 1. The Kier molecular flexibility index (Phi) is 10.4. The second-order valence-electron chi connectivity index (χ2n) is 8.16. The van der Waals surface area contributed by atoms with Crippen LogP contribution in [-0.2, 0) is 17.9 Å². The van der Waals surface area contributed by atoms with Crippen molar-refractivity contribution in [3.8, 4) is 0 Å². The van der Waals surface area contributed by atoms with Crippen LogP contribution in [0.5, 0.6) is 0 Å². The molecule has 2 aliphatic heterocycles. The number of rotatable bonds is 8. The topological polar surface area (TPSA) is 51.2 Å². The highest BCUT2D eigenvalue weighted by Gasteiger charge is 2.25. The van der Waals surface area contributed by atoms with Crippen LogP contribution >= 0.6 is 24.0 Å². The highest BCUT2D eigenvalue weighted by atomic mass is 127. The summed E-state index contributed by atoms with van der Waals surface area (Å²) in [7, 11) is 2.13. The molecule has 0 aromatic heterocycles. The summed E-state index contributed by atoms with van der Waals surface area (Å²) in [4.78, 5) is 24.1. The number of halogens is 1. The lowest BCUT2D eigenvalue weighted by Gasteiger charge is -2.29. The van der Waals surface area contributed by atoms with Gasteiger partial charge in [-0.15, -0.1) is 24.0 Å². The predicted octanol–water partition coefficient (Wildman–Crippen LogP) is 3.31. The van der Waals surface area contributed by atoms with Crippen LogP contribution in [0.25, 0.3) is 0 Å². The second-order valence-corrected chi connectivity index (χ2v) is 8.16. The average Bonchev–Trinajstić information content (AvgIpc) is 3.36. The van der Waals surface area contributed by atoms with Crippen LogP contribution in [0.15, 0.2) is 29.3 Å². The van der Waals surface area contributed by atoms with E-state index in [1.165, 1.54) is 30.5 Å². The van der Waals surface area contributed by atoms with Gasteiger partial charge in [-0.3, -0.25) is 14.7 Å². The summed E-state index contributed by atoms with van der Waals surface area (Å²) in [6.07, 6.45) is 3.92. The van der Waals surface area contributed by atoms with Gasteiger partial charge in [-0.2, -0.15) is 0 Å². The van der Waals surface area contributed by atoms with Crippen molar-refractivity contribution in [2.24, 2.45) is 4.99 Å². The van der Waals surface area contributed by atoms with Crippen LogP contribution < -0.4 is 5.32 Å². The van der Waals surface area contributed by atoms with Crippen LogP contribution in [0.2, 0.25) is 0 Å². The number of hydrogen-bond donors (Lipinski definition) is 1. The molecule has 168 valence electrons. The van der Waals surface area contributed by atoms with E-state index in [4.69, 9.17) is 4.99 Å². The van der Waals surface area contributed by atoms with Crippen molar-refractivity contribution < 1.29 is 4.79 Å². The highest BCUT2D eigenvalue weighted by molar-refractivity contribution is 14.0. The van der Waals surface area contributed by atoms with E-state index in [9.17, 15) is 4.79 Å². The maximum absolute atomic E-state index is 12.6. The van der Waals surface area contributed by atoms with E-state index in [1.807, 2.05) is 17.0 Å². The molecule has 0 radical (unpaired) electrons. The number of benzene rings is 1. The lowest BCUT2D eigenvalue weighted by atomic mass is 10.1. The summed E-state index contributed by atoms with van der Waals surface area (Å²) in [6, 6.07) is 8.95. The lowest BCUT2D eigenvalue weighted by molar-refractivity contribution is -0.131. The molecule has 1 N–H and O–H groups in total. The zero-order valence-corrected chi connectivity index (χ0v) is 21.1. The summed E-state index contributed by atoms with van der Waals surface area (Å²) in [5, 5.41) is 3.41. The number of likely N-dealkylation sites (N-methyl/N-ethyl adjacent to an activating group) is 2. The number of carbonyl (C=O) groups is 1. The van der Waals surface area contributed by atoms with Crippen LogP contribution in [0.1, 0.15) is 50.7 Å². The van der Waals surface area contributed by atoms with Gasteiger partial charge in [0.25, 0.3) is 0 Å². The molecule has 1 atom stereocenters. The van der Waals surface area contributed by atoms with Gasteiger partial charge in [0.1, 0.15) is 0 Å². The molecular weight excluding hydrogens is 489 g/mol. The van der Waals surface area contributed by atoms with E-state index in [0.717, 1.165) is 45.1 Å². The molecule has 1 saturated heterocycles. The Bertz CT molecular complexity index is 686. The fraction of sp³-hybridized carbons (Fsp3) is 0.652. The first-order chi connectivity index (χ1) is 14.1.